The highest BCUT2D eigenvalue weighted by molar-refractivity contribution is 6.07. The molecule has 0 unspecified atom stereocenters. The molecule has 3 aromatic carbocycles. The number of rotatable bonds is 8. The van der Waals surface area contributed by atoms with Crippen LogP contribution >= 0.6 is 0 Å². The summed E-state index contributed by atoms with van der Waals surface area (Å²) < 4.78 is 18.1. The summed E-state index contributed by atoms with van der Waals surface area (Å²) in [5.41, 5.74) is 2.40. The third kappa shape index (κ3) is 5.60. The van der Waals surface area contributed by atoms with Gasteiger partial charge in [0.1, 0.15) is 17.3 Å². The van der Waals surface area contributed by atoms with Crippen molar-refractivity contribution in [2.45, 2.75) is 20.4 Å². The number of benzene rings is 3. The number of alkyl carbamates (subject to hydrolysis) is 1. The van der Waals surface area contributed by atoms with E-state index in [4.69, 9.17) is 19.6 Å². The number of nitrogens with one attached hydrogen (secondary N) is 2. The second-order valence-electron chi connectivity index (χ2n) is 8.77. The first-order valence-corrected chi connectivity index (χ1v) is 12.8. The average molecular weight is 538 g/mol. The summed E-state index contributed by atoms with van der Waals surface area (Å²) in [6.45, 7) is 4.16. The van der Waals surface area contributed by atoms with Crippen LogP contribution in [0.15, 0.2) is 79.1 Å². The molecule has 202 valence electrons. The Morgan fingerprint density at radius 1 is 0.900 bits per heavy atom. The van der Waals surface area contributed by atoms with Crippen molar-refractivity contribution in [3.63, 3.8) is 0 Å². The molecular weight excluding hydrogens is 510 g/mol. The molecule has 40 heavy (non-hydrogen) atoms. The van der Waals surface area contributed by atoms with Gasteiger partial charge >= 0.3 is 18.1 Å². The fraction of sp³-hybridized carbons (Fsp3) is 0.167. The molecule has 2 heterocycles. The van der Waals surface area contributed by atoms with Crippen molar-refractivity contribution in [2.75, 3.05) is 13.2 Å². The van der Waals surface area contributed by atoms with E-state index in [2.05, 4.69) is 15.3 Å². The molecule has 0 aliphatic carbocycles. The monoisotopic (exact) mass is 537 g/mol. The molecule has 0 saturated carbocycles. The Morgan fingerprint density at radius 3 is 2.45 bits per heavy atom. The molecule has 0 radical (unpaired) electrons. The maximum Gasteiger partial charge on any atom is 0.412 e. The number of esters is 1. The maximum atomic E-state index is 13.0. The highest BCUT2D eigenvalue weighted by Gasteiger charge is 2.20. The molecule has 10 nitrogen and oxygen atoms in total. The number of aromatic nitrogens is 3. The van der Waals surface area contributed by atoms with Gasteiger partial charge in [0, 0.05) is 35.4 Å². The molecule has 5 rings (SSSR count). The van der Waals surface area contributed by atoms with Crippen LogP contribution in [0.25, 0.3) is 21.7 Å². The van der Waals surface area contributed by atoms with Crippen molar-refractivity contribution in [1.29, 1.82) is 5.41 Å². The van der Waals surface area contributed by atoms with Crippen molar-refractivity contribution < 1.29 is 23.8 Å². The summed E-state index contributed by atoms with van der Waals surface area (Å²) >= 11 is 0. The van der Waals surface area contributed by atoms with Gasteiger partial charge in [-0.3, -0.25) is 10.7 Å². The van der Waals surface area contributed by atoms with Gasteiger partial charge in [-0.25, -0.2) is 19.6 Å². The van der Waals surface area contributed by atoms with Gasteiger partial charge in [-0.2, -0.15) is 0 Å². The molecule has 0 spiro atoms. The lowest BCUT2D eigenvalue weighted by molar-refractivity contribution is 0.0515. The van der Waals surface area contributed by atoms with Crippen molar-refractivity contribution in [3.05, 3.63) is 95.9 Å². The first-order chi connectivity index (χ1) is 19.5. The number of fused-ring (bicyclic) bond motifs is 2. The maximum absolute atomic E-state index is 13.0. The number of carbonyl (C=O) groups is 2. The second-order valence-corrected chi connectivity index (χ2v) is 8.77. The lowest BCUT2D eigenvalue weighted by Gasteiger charge is -2.15. The van der Waals surface area contributed by atoms with Crippen molar-refractivity contribution in [2.24, 2.45) is 0 Å². The van der Waals surface area contributed by atoms with Crippen LogP contribution in [0, 0.1) is 5.41 Å². The van der Waals surface area contributed by atoms with Crippen LogP contribution in [0.3, 0.4) is 0 Å². The zero-order chi connectivity index (χ0) is 28.1. The van der Waals surface area contributed by atoms with Crippen LogP contribution in [0.1, 0.15) is 35.5 Å². The quantitative estimate of drug-likeness (QED) is 0.148. The van der Waals surface area contributed by atoms with Gasteiger partial charge in [0.15, 0.2) is 0 Å². The van der Waals surface area contributed by atoms with E-state index in [1.165, 1.54) is 0 Å². The highest BCUT2D eigenvalue weighted by Crippen LogP contribution is 2.31. The second kappa shape index (κ2) is 11.6. The third-order valence-electron chi connectivity index (χ3n) is 6.18. The van der Waals surface area contributed by atoms with Gasteiger partial charge in [0.25, 0.3) is 0 Å². The molecule has 0 aliphatic heterocycles. The number of hydrogen-bond donors (Lipinski definition) is 2. The minimum absolute atomic E-state index is 0.116. The zero-order valence-corrected chi connectivity index (χ0v) is 22.0. The molecule has 5 aromatic rings. The lowest BCUT2D eigenvalue weighted by atomic mass is 10.0. The van der Waals surface area contributed by atoms with Gasteiger partial charge in [-0.1, -0.05) is 36.4 Å². The SMILES string of the molecule is CCOC(=O)NC(=N)c1ccc2cc(C(=O)OCC)n(Cc3cc(Oc4ncccn4)cc4ccccc34)c2c1. The minimum atomic E-state index is -0.708. The Kier molecular flexibility index (Phi) is 7.68. The predicted molar refractivity (Wildman–Crippen MR) is 150 cm³/mol. The molecule has 0 bridgehead atoms. The number of amidine groups is 1. The van der Waals surface area contributed by atoms with Crippen LogP contribution < -0.4 is 10.1 Å². The first kappa shape index (κ1) is 26.4. The standard InChI is InChI=1S/C30H27N5O5/c1-3-38-28(36)26-16-20-10-11-21(27(31)34-30(37)39-4-2)17-25(20)35(26)18-22-15-23(40-29-32-12-7-13-33-29)14-19-8-5-6-9-24(19)22/h5-17H,3-4,18H2,1-2H3,(H2,31,34,37). The van der Waals surface area contributed by atoms with Gasteiger partial charge in [-0.15, -0.1) is 0 Å². The fourth-order valence-electron chi connectivity index (χ4n) is 4.46. The Bertz CT molecular complexity index is 1710. The average Bonchev–Trinajstić information content (AvgIpc) is 3.31. The molecule has 0 saturated heterocycles. The van der Waals surface area contributed by atoms with E-state index >= 15 is 0 Å². The number of carbonyl (C=O) groups excluding carboxylic acids is 2. The molecule has 0 aliphatic rings. The third-order valence-corrected chi connectivity index (χ3v) is 6.18. The Labute approximate surface area is 230 Å². The first-order valence-electron chi connectivity index (χ1n) is 12.8. The number of amides is 1. The van der Waals surface area contributed by atoms with E-state index in [9.17, 15) is 9.59 Å². The smallest absolute Gasteiger partial charge is 0.412 e. The van der Waals surface area contributed by atoms with E-state index in [0.717, 1.165) is 21.7 Å². The minimum Gasteiger partial charge on any atom is -0.461 e. The van der Waals surface area contributed by atoms with Crippen molar-refractivity contribution in [1.82, 2.24) is 19.9 Å². The number of hydrogen-bond acceptors (Lipinski definition) is 8. The van der Waals surface area contributed by atoms with E-state index in [1.54, 1.807) is 56.6 Å². The predicted octanol–water partition coefficient (Wildman–Crippen LogP) is 5.67. The summed E-state index contributed by atoms with van der Waals surface area (Å²) in [5, 5.41) is 13.5. The van der Waals surface area contributed by atoms with Crippen molar-refractivity contribution >= 4 is 39.6 Å². The highest BCUT2D eigenvalue weighted by atomic mass is 16.5. The summed E-state index contributed by atoms with van der Waals surface area (Å²) in [4.78, 5) is 33.2. The summed E-state index contributed by atoms with van der Waals surface area (Å²) in [6, 6.07) is 20.7. The van der Waals surface area contributed by atoms with E-state index in [1.807, 2.05) is 41.0 Å². The summed E-state index contributed by atoms with van der Waals surface area (Å²) in [5.74, 6) is -0.0287. The van der Waals surface area contributed by atoms with E-state index in [-0.39, 0.29) is 25.1 Å². The van der Waals surface area contributed by atoms with Gasteiger partial charge in [-0.05, 0) is 60.5 Å². The van der Waals surface area contributed by atoms with Crippen molar-refractivity contribution in [3.8, 4) is 11.8 Å². The van der Waals surface area contributed by atoms with Gasteiger partial charge < -0.3 is 18.8 Å². The Hall–Kier alpha value is -5.25. The molecule has 0 fully saturated rings. The normalized spacial score (nSPS) is 10.8. The molecule has 2 N–H and O–H groups in total. The van der Waals surface area contributed by atoms with Gasteiger partial charge in [0.2, 0.25) is 0 Å². The van der Waals surface area contributed by atoms with Crippen LogP contribution in [-0.4, -0.2) is 45.6 Å². The molecule has 2 aromatic heterocycles. The van der Waals surface area contributed by atoms with Gasteiger partial charge in [0.05, 0.1) is 13.2 Å². The van der Waals surface area contributed by atoms with Crippen LogP contribution in [0.2, 0.25) is 0 Å². The van der Waals surface area contributed by atoms with E-state index < -0.39 is 12.1 Å². The number of ether oxygens (including phenoxy) is 3. The Morgan fingerprint density at radius 2 is 1.68 bits per heavy atom. The van der Waals surface area contributed by atoms with Crippen LogP contribution in [0.4, 0.5) is 4.79 Å². The molecule has 10 heteroatoms. The zero-order valence-electron chi connectivity index (χ0n) is 22.0. The largest absolute Gasteiger partial charge is 0.461 e. The molecule has 0 atom stereocenters. The lowest BCUT2D eigenvalue weighted by Crippen LogP contribution is -2.31. The Balaban J connectivity index is 1.61. The fourth-order valence-corrected chi connectivity index (χ4v) is 4.46. The number of nitrogens with zero attached hydrogens (tertiary/aromatic N) is 3. The molecule has 1 amide bonds. The van der Waals surface area contributed by atoms with E-state index in [0.29, 0.717) is 29.1 Å². The topological polar surface area (TPSA) is 128 Å². The van der Waals surface area contributed by atoms with Crippen LogP contribution in [-0.2, 0) is 16.0 Å². The summed E-state index contributed by atoms with van der Waals surface area (Å²) in [6.07, 6.45) is 2.50. The molecular formula is C30H27N5O5. The summed E-state index contributed by atoms with van der Waals surface area (Å²) in [7, 11) is 0. The van der Waals surface area contributed by atoms with Crippen LogP contribution in [0.5, 0.6) is 11.8 Å².